The molecule has 3 nitrogen and oxygen atoms in total. The molecule has 0 aliphatic carbocycles. The predicted octanol–water partition coefficient (Wildman–Crippen LogP) is 1.30. The Bertz CT molecular complexity index is 419. The lowest BCUT2D eigenvalue weighted by Crippen LogP contribution is -2.05. The number of nitrogens with zero attached hydrogens (tertiary/aromatic N) is 1. The van der Waals surface area contributed by atoms with Gasteiger partial charge in [-0.2, -0.15) is 0 Å². The van der Waals surface area contributed by atoms with E-state index in [-0.39, 0.29) is 5.56 Å². The first-order valence-corrected chi connectivity index (χ1v) is 4.23. The smallest absolute Gasteiger partial charge is 0.256 e. The Kier molecular flexibility index (Phi) is 1.75. The zero-order valence-electron chi connectivity index (χ0n) is 6.07. The highest BCUT2D eigenvalue weighted by Crippen LogP contribution is 2.17. The third-order valence-electron chi connectivity index (χ3n) is 1.46. The fourth-order valence-corrected chi connectivity index (χ4v) is 1.54. The van der Waals surface area contributed by atoms with Crippen molar-refractivity contribution in [3.8, 4) is 10.4 Å². The summed E-state index contributed by atoms with van der Waals surface area (Å²) in [7, 11) is 0. The van der Waals surface area contributed by atoms with Crippen molar-refractivity contribution in [3.63, 3.8) is 0 Å². The number of H-pyrrole nitrogens is 1. The first-order chi connectivity index (χ1) is 5.88. The molecule has 4 heteroatoms. The summed E-state index contributed by atoms with van der Waals surface area (Å²) >= 11 is 1.44. The van der Waals surface area contributed by atoms with Gasteiger partial charge in [-0.25, -0.2) is 0 Å². The van der Waals surface area contributed by atoms with E-state index in [1.165, 1.54) is 17.5 Å². The lowest BCUT2D eigenvalue weighted by molar-refractivity contribution is 1.24. The first-order valence-electron chi connectivity index (χ1n) is 3.35. The molecule has 2 heterocycles. The molecule has 0 aliphatic heterocycles. The van der Waals surface area contributed by atoms with Crippen LogP contribution in [0.15, 0.2) is 28.8 Å². The summed E-state index contributed by atoms with van der Waals surface area (Å²) in [5, 5.41) is 0. The Morgan fingerprint density at radius 2 is 2.50 bits per heavy atom. The van der Waals surface area contributed by atoms with Crippen molar-refractivity contribution < 1.29 is 0 Å². The average molecular weight is 177 g/mol. The SMILES string of the molecule is O=c1[nH]c[c]cc1-c1cncs1. The van der Waals surface area contributed by atoms with Gasteiger partial charge < -0.3 is 4.98 Å². The molecule has 0 atom stereocenters. The maximum atomic E-state index is 11.2. The lowest BCUT2D eigenvalue weighted by Gasteiger charge is -1.91. The molecule has 0 aromatic carbocycles. The molecule has 2 aromatic rings. The van der Waals surface area contributed by atoms with Gasteiger partial charge in [-0.1, -0.05) is 0 Å². The summed E-state index contributed by atoms with van der Waals surface area (Å²) in [4.78, 5) is 18.5. The maximum absolute atomic E-state index is 11.2. The van der Waals surface area contributed by atoms with E-state index >= 15 is 0 Å². The summed E-state index contributed by atoms with van der Waals surface area (Å²) in [6, 6.07) is 4.47. The zero-order chi connectivity index (χ0) is 8.39. The number of aromatic amines is 1. The third kappa shape index (κ3) is 1.16. The third-order valence-corrected chi connectivity index (χ3v) is 2.26. The van der Waals surface area contributed by atoms with Gasteiger partial charge in [-0.3, -0.25) is 9.78 Å². The predicted molar refractivity (Wildman–Crippen MR) is 47.0 cm³/mol. The number of nitrogens with one attached hydrogen (secondary N) is 1. The minimum atomic E-state index is -0.0991. The van der Waals surface area contributed by atoms with Gasteiger partial charge in [0.15, 0.2) is 0 Å². The second-order valence-electron chi connectivity index (χ2n) is 2.21. The average Bonchev–Trinajstić information content (AvgIpc) is 2.57. The van der Waals surface area contributed by atoms with Crippen LogP contribution < -0.4 is 5.56 Å². The second kappa shape index (κ2) is 2.91. The van der Waals surface area contributed by atoms with Gasteiger partial charge in [0, 0.05) is 18.5 Å². The van der Waals surface area contributed by atoms with Gasteiger partial charge in [-0.15, -0.1) is 11.3 Å². The van der Waals surface area contributed by atoms with Gasteiger partial charge in [-0.05, 0) is 6.07 Å². The summed E-state index contributed by atoms with van der Waals surface area (Å²) < 4.78 is 0. The number of rotatable bonds is 1. The molecule has 0 amide bonds. The fourth-order valence-electron chi connectivity index (χ4n) is 0.907. The van der Waals surface area contributed by atoms with Crippen LogP contribution in [0.3, 0.4) is 0 Å². The number of pyridine rings is 1. The molecule has 0 saturated heterocycles. The molecule has 2 rings (SSSR count). The van der Waals surface area contributed by atoms with Crippen molar-refractivity contribution in [1.29, 1.82) is 0 Å². The Labute approximate surface area is 72.7 Å². The van der Waals surface area contributed by atoms with Crippen molar-refractivity contribution in [2.75, 3.05) is 0 Å². The van der Waals surface area contributed by atoms with Crippen molar-refractivity contribution in [1.82, 2.24) is 9.97 Å². The van der Waals surface area contributed by atoms with E-state index < -0.39 is 0 Å². The normalized spacial score (nSPS) is 10.0. The molecular weight excluding hydrogens is 172 g/mol. The van der Waals surface area contributed by atoms with E-state index in [1.807, 2.05) is 0 Å². The van der Waals surface area contributed by atoms with Crippen LogP contribution in [0.25, 0.3) is 10.4 Å². The van der Waals surface area contributed by atoms with Crippen LogP contribution in [-0.2, 0) is 0 Å². The molecule has 0 saturated carbocycles. The molecule has 1 N–H and O–H groups in total. The van der Waals surface area contributed by atoms with E-state index in [4.69, 9.17) is 0 Å². The van der Waals surface area contributed by atoms with Crippen LogP contribution in [0.4, 0.5) is 0 Å². The number of hydrogen-bond acceptors (Lipinski definition) is 3. The Morgan fingerprint density at radius 1 is 1.58 bits per heavy atom. The maximum Gasteiger partial charge on any atom is 0.256 e. The minimum absolute atomic E-state index is 0.0991. The van der Waals surface area contributed by atoms with Crippen LogP contribution in [0.1, 0.15) is 0 Å². The van der Waals surface area contributed by atoms with Crippen LogP contribution >= 0.6 is 11.3 Å². The van der Waals surface area contributed by atoms with E-state index in [2.05, 4.69) is 16.0 Å². The van der Waals surface area contributed by atoms with E-state index in [1.54, 1.807) is 17.8 Å². The fraction of sp³-hybridized carbons (Fsp3) is 0. The molecule has 0 unspecified atom stereocenters. The topological polar surface area (TPSA) is 45.8 Å². The molecular formula is C8H5N2OS. The molecule has 59 valence electrons. The van der Waals surface area contributed by atoms with Crippen molar-refractivity contribution in [2.45, 2.75) is 0 Å². The van der Waals surface area contributed by atoms with Gasteiger partial charge in [0.1, 0.15) is 0 Å². The van der Waals surface area contributed by atoms with Crippen LogP contribution in [0.2, 0.25) is 0 Å². The summed E-state index contributed by atoms with van der Waals surface area (Å²) in [5.74, 6) is 0. The molecule has 0 fully saturated rings. The number of aromatic nitrogens is 2. The van der Waals surface area contributed by atoms with Crippen molar-refractivity contribution >= 4 is 11.3 Å². The zero-order valence-corrected chi connectivity index (χ0v) is 6.89. The highest BCUT2D eigenvalue weighted by molar-refractivity contribution is 7.13. The summed E-state index contributed by atoms with van der Waals surface area (Å²) in [6.45, 7) is 0. The minimum Gasteiger partial charge on any atom is -0.328 e. The monoisotopic (exact) mass is 177 g/mol. The van der Waals surface area contributed by atoms with Crippen LogP contribution in [0, 0.1) is 6.07 Å². The molecule has 2 aromatic heterocycles. The second-order valence-corrected chi connectivity index (χ2v) is 3.09. The molecule has 1 radical (unpaired) electrons. The quantitative estimate of drug-likeness (QED) is 0.713. The Hall–Kier alpha value is -1.42. The van der Waals surface area contributed by atoms with E-state index in [0.717, 1.165) is 4.88 Å². The summed E-state index contributed by atoms with van der Waals surface area (Å²) in [6.07, 6.45) is 3.16. The van der Waals surface area contributed by atoms with Gasteiger partial charge >= 0.3 is 0 Å². The highest BCUT2D eigenvalue weighted by Gasteiger charge is 2.02. The summed E-state index contributed by atoms with van der Waals surface area (Å²) in [5.41, 5.74) is 2.22. The standard InChI is InChI=1S/C8H5N2OS/c11-8-6(2-1-3-10-8)7-4-9-5-12-7/h2-5H,(H,10,11). The largest absolute Gasteiger partial charge is 0.328 e. The number of hydrogen-bond donors (Lipinski definition) is 1. The van der Waals surface area contributed by atoms with Crippen LogP contribution in [0.5, 0.6) is 0 Å². The lowest BCUT2D eigenvalue weighted by atomic mass is 10.2. The Morgan fingerprint density at radius 3 is 3.17 bits per heavy atom. The molecule has 0 spiro atoms. The molecule has 0 aliphatic rings. The van der Waals surface area contributed by atoms with Crippen molar-refractivity contribution in [2.24, 2.45) is 0 Å². The van der Waals surface area contributed by atoms with Gasteiger partial charge in [0.05, 0.1) is 16.0 Å². The van der Waals surface area contributed by atoms with Gasteiger partial charge in [0.2, 0.25) is 0 Å². The Balaban J connectivity index is 2.63. The number of thiazole rings is 1. The van der Waals surface area contributed by atoms with Crippen LogP contribution in [-0.4, -0.2) is 9.97 Å². The van der Waals surface area contributed by atoms with Gasteiger partial charge in [0.25, 0.3) is 5.56 Å². The van der Waals surface area contributed by atoms with Crippen molar-refractivity contribution in [3.05, 3.63) is 40.4 Å². The molecule has 12 heavy (non-hydrogen) atoms. The molecule has 0 bridgehead atoms. The first kappa shape index (κ1) is 7.24. The van der Waals surface area contributed by atoms with E-state index in [9.17, 15) is 4.79 Å². The van der Waals surface area contributed by atoms with E-state index in [0.29, 0.717) is 5.56 Å². The highest BCUT2D eigenvalue weighted by atomic mass is 32.1.